The van der Waals surface area contributed by atoms with Crippen LogP contribution in [0.5, 0.6) is 0 Å². The fraction of sp³-hybridized carbons (Fsp3) is 0.300. The third-order valence-corrected chi connectivity index (χ3v) is 2.35. The summed E-state index contributed by atoms with van der Waals surface area (Å²) in [5.41, 5.74) is 13.3. The predicted molar refractivity (Wildman–Crippen MR) is 63.7 cm³/mol. The first-order chi connectivity index (χ1) is 7.08. The van der Waals surface area contributed by atoms with Gasteiger partial charge in [-0.15, -0.1) is 11.6 Å². The monoisotopic (exact) mass is 227 g/mol. The summed E-state index contributed by atoms with van der Waals surface area (Å²) in [6.07, 6.45) is 2.22. The first-order valence-electron chi connectivity index (χ1n) is 4.62. The summed E-state index contributed by atoms with van der Waals surface area (Å²) in [7, 11) is 0. The van der Waals surface area contributed by atoms with Crippen LogP contribution in [0.2, 0.25) is 0 Å². The Morgan fingerprint density at radius 2 is 2.33 bits per heavy atom. The number of anilines is 1. The molecule has 1 aromatic heterocycles. The molecular weight excluding hydrogens is 214 g/mol. The number of aromatic amines is 1. The van der Waals surface area contributed by atoms with Gasteiger partial charge in [-0.25, -0.2) is 0 Å². The highest BCUT2D eigenvalue weighted by molar-refractivity contribution is 6.19. The first kappa shape index (κ1) is 11.7. The number of hydrogen-bond donors (Lipinski definition) is 3. The van der Waals surface area contributed by atoms with Crippen LogP contribution < -0.4 is 17.0 Å². The van der Waals surface area contributed by atoms with Gasteiger partial charge in [-0.05, 0) is 18.6 Å². The molecule has 0 fully saturated rings. The SMILES string of the molecule is CCc1cc(N)c(/C=C(\N)CCl)[nH]c1=O. The van der Waals surface area contributed by atoms with Crippen molar-refractivity contribution in [1.29, 1.82) is 0 Å². The Kier molecular flexibility index (Phi) is 3.80. The Bertz CT molecular complexity index is 437. The summed E-state index contributed by atoms with van der Waals surface area (Å²) in [5.74, 6) is 0.205. The number of nitrogen functional groups attached to an aromatic ring is 1. The minimum absolute atomic E-state index is 0.139. The van der Waals surface area contributed by atoms with Crippen molar-refractivity contribution in [3.8, 4) is 0 Å². The summed E-state index contributed by atoms with van der Waals surface area (Å²) in [4.78, 5) is 14.1. The number of aromatic nitrogens is 1. The lowest BCUT2D eigenvalue weighted by molar-refractivity contribution is 1.05. The molecule has 82 valence electrons. The van der Waals surface area contributed by atoms with Gasteiger partial charge in [0, 0.05) is 11.3 Å². The van der Waals surface area contributed by atoms with Gasteiger partial charge in [0.15, 0.2) is 0 Å². The van der Waals surface area contributed by atoms with Gasteiger partial charge in [0.1, 0.15) is 0 Å². The quantitative estimate of drug-likeness (QED) is 0.675. The molecule has 5 heteroatoms. The third-order valence-electron chi connectivity index (χ3n) is 2.05. The van der Waals surface area contributed by atoms with Crippen molar-refractivity contribution < 1.29 is 0 Å². The largest absolute Gasteiger partial charge is 0.401 e. The summed E-state index contributed by atoms with van der Waals surface area (Å²) in [6.45, 7) is 1.90. The molecule has 1 aromatic rings. The smallest absolute Gasteiger partial charge is 0.251 e. The fourth-order valence-corrected chi connectivity index (χ4v) is 1.29. The summed E-state index contributed by atoms with van der Waals surface area (Å²) in [6, 6.07) is 1.66. The standard InChI is InChI=1S/C10H14ClN3O/c1-2-6-3-8(13)9(14-10(6)15)4-7(12)5-11/h3-4H,2,5,12-13H2,1H3,(H,14,15)/b7-4-. The topological polar surface area (TPSA) is 84.9 Å². The van der Waals surface area contributed by atoms with E-state index < -0.39 is 0 Å². The van der Waals surface area contributed by atoms with Crippen LogP contribution in [0.4, 0.5) is 5.69 Å². The minimum atomic E-state index is -0.139. The number of allylic oxidation sites excluding steroid dienone is 1. The van der Waals surface area contributed by atoms with Gasteiger partial charge in [-0.1, -0.05) is 6.92 Å². The molecule has 0 aliphatic heterocycles. The van der Waals surface area contributed by atoms with Gasteiger partial charge in [0.05, 0.1) is 17.3 Å². The number of alkyl halides is 1. The van der Waals surface area contributed by atoms with E-state index in [0.29, 0.717) is 29.1 Å². The maximum atomic E-state index is 11.5. The van der Waals surface area contributed by atoms with Gasteiger partial charge in [0.2, 0.25) is 0 Å². The van der Waals surface area contributed by atoms with Crippen molar-refractivity contribution in [2.75, 3.05) is 11.6 Å². The van der Waals surface area contributed by atoms with Gasteiger partial charge < -0.3 is 16.5 Å². The number of hydrogen-bond acceptors (Lipinski definition) is 3. The number of aryl methyl sites for hydroxylation is 1. The van der Waals surface area contributed by atoms with E-state index in [1.54, 1.807) is 12.1 Å². The second kappa shape index (κ2) is 4.89. The lowest BCUT2D eigenvalue weighted by atomic mass is 10.1. The summed E-state index contributed by atoms with van der Waals surface area (Å²) < 4.78 is 0. The number of rotatable bonds is 3. The second-order valence-corrected chi connectivity index (χ2v) is 3.47. The maximum Gasteiger partial charge on any atom is 0.251 e. The van der Waals surface area contributed by atoms with Gasteiger partial charge in [0.25, 0.3) is 5.56 Å². The second-order valence-electron chi connectivity index (χ2n) is 3.20. The normalized spacial score (nSPS) is 11.7. The van der Waals surface area contributed by atoms with Crippen molar-refractivity contribution in [3.63, 3.8) is 0 Å². The van der Waals surface area contributed by atoms with Crippen molar-refractivity contribution >= 4 is 23.4 Å². The predicted octanol–water partition coefficient (Wildman–Crippen LogP) is 1.06. The van der Waals surface area contributed by atoms with E-state index in [0.717, 1.165) is 0 Å². The molecule has 0 spiro atoms. The van der Waals surface area contributed by atoms with Gasteiger partial charge in [-0.2, -0.15) is 0 Å². The maximum absolute atomic E-state index is 11.5. The van der Waals surface area contributed by atoms with E-state index >= 15 is 0 Å². The number of nitrogens with one attached hydrogen (secondary N) is 1. The number of halogens is 1. The van der Waals surface area contributed by atoms with E-state index in [1.165, 1.54) is 0 Å². The van der Waals surface area contributed by atoms with Gasteiger partial charge in [-0.3, -0.25) is 4.79 Å². The molecule has 0 saturated heterocycles. The van der Waals surface area contributed by atoms with Crippen LogP contribution in [0.3, 0.4) is 0 Å². The molecule has 0 aliphatic rings. The van der Waals surface area contributed by atoms with Crippen LogP contribution in [0.1, 0.15) is 18.2 Å². The lowest BCUT2D eigenvalue weighted by Gasteiger charge is -2.04. The van der Waals surface area contributed by atoms with E-state index in [1.807, 2.05) is 6.92 Å². The Morgan fingerprint density at radius 3 is 2.87 bits per heavy atom. The van der Waals surface area contributed by atoms with Gasteiger partial charge >= 0.3 is 0 Å². The Balaban J connectivity index is 3.22. The molecule has 1 rings (SSSR count). The van der Waals surface area contributed by atoms with Crippen LogP contribution in [0.15, 0.2) is 16.6 Å². The number of nitrogens with two attached hydrogens (primary N) is 2. The summed E-state index contributed by atoms with van der Waals surface area (Å²) >= 11 is 5.53. The first-order valence-corrected chi connectivity index (χ1v) is 5.15. The fourth-order valence-electron chi connectivity index (χ4n) is 1.21. The van der Waals surface area contributed by atoms with Crippen molar-refractivity contribution in [2.24, 2.45) is 5.73 Å². The van der Waals surface area contributed by atoms with Crippen molar-refractivity contribution in [2.45, 2.75) is 13.3 Å². The average Bonchev–Trinajstić information content (AvgIpc) is 2.22. The van der Waals surface area contributed by atoms with Crippen LogP contribution in [0, 0.1) is 0 Å². The van der Waals surface area contributed by atoms with E-state index in [4.69, 9.17) is 23.1 Å². The molecule has 15 heavy (non-hydrogen) atoms. The Hall–Kier alpha value is -1.42. The van der Waals surface area contributed by atoms with Crippen molar-refractivity contribution in [1.82, 2.24) is 4.98 Å². The molecule has 0 aromatic carbocycles. The van der Waals surface area contributed by atoms with E-state index in [-0.39, 0.29) is 11.4 Å². The highest BCUT2D eigenvalue weighted by atomic mass is 35.5. The minimum Gasteiger partial charge on any atom is -0.401 e. The van der Waals surface area contributed by atoms with Crippen LogP contribution >= 0.6 is 11.6 Å². The molecule has 4 nitrogen and oxygen atoms in total. The van der Waals surface area contributed by atoms with E-state index in [2.05, 4.69) is 4.98 Å². The molecular formula is C10H14ClN3O. The Morgan fingerprint density at radius 1 is 1.67 bits per heavy atom. The molecule has 5 N–H and O–H groups in total. The summed E-state index contributed by atoms with van der Waals surface area (Å²) in [5, 5.41) is 0. The van der Waals surface area contributed by atoms with Crippen LogP contribution in [-0.4, -0.2) is 10.9 Å². The van der Waals surface area contributed by atoms with E-state index in [9.17, 15) is 4.79 Å². The van der Waals surface area contributed by atoms with Crippen LogP contribution in [-0.2, 0) is 6.42 Å². The molecule has 0 bridgehead atoms. The number of pyridine rings is 1. The molecule has 0 amide bonds. The highest BCUT2D eigenvalue weighted by Crippen LogP contribution is 2.11. The zero-order valence-corrected chi connectivity index (χ0v) is 9.27. The molecule has 0 saturated carbocycles. The molecule has 1 heterocycles. The molecule has 0 atom stereocenters. The zero-order chi connectivity index (χ0) is 11.4. The highest BCUT2D eigenvalue weighted by Gasteiger charge is 2.03. The molecule has 0 aliphatic carbocycles. The zero-order valence-electron chi connectivity index (χ0n) is 8.51. The van der Waals surface area contributed by atoms with Crippen molar-refractivity contribution in [3.05, 3.63) is 33.4 Å². The molecule has 0 unspecified atom stereocenters. The number of H-pyrrole nitrogens is 1. The molecule has 0 radical (unpaired) electrons. The Labute approximate surface area is 92.9 Å². The average molecular weight is 228 g/mol. The van der Waals surface area contributed by atoms with Crippen LogP contribution in [0.25, 0.3) is 6.08 Å². The third kappa shape index (κ3) is 2.76. The lowest BCUT2D eigenvalue weighted by Crippen LogP contribution is -2.15.